The molecule has 1 unspecified atom stereocenters. The molecule has 0 saturated carbocycles. The number of amides is 1. The Morgan fingerprint density at radius 2 is 1.79 bits per heavy atom. The topological polar surface area (TPSA) is 33.2 Å². The van der Waals surface area contributed by atoms with E-state index >= 15 is 0 Å². The molecule has 1 aliphatic heterocycles. The second-order valence-corrected chi connectivity index (χ2v) is 7.44. The highest BCUT2D eigenvalue weighted by Crippen LogP contribution is 2.41. The minimum atomic E-state index is -0.386. The average molecular weight is 350 g/mol. The molecule has 3 aromatic rings. The second-order valence-electron chi connectivity index (χ2n) is 5.70. The summed E-state index contributed by atoms with van der Waals surface area (Å²) in [5.41, 5.74) is 3.60. The molecule has 0 spiro atoms. The lowest BCUT2D eigenvalue weighted by Crippen LogP contribution is -2.29. The summed E-state index contributed by atoms with van der Waals surface area (Å²) in [6, 6.07) is 19.6. The maximum Gasteiger partial charge on any atom is 0.252 e. The highest BCUT2D eigenvalue weighted by molar-refractivity contribution is 8.24. The Labute approximate surface area is 149 Å². The average Bonchev–Trinajstić information content (AvgIpc) is 2.90. The summed E-state index contributed by atoms with van der Waals surface area (Å²) >= 11 is 6.83. The van der Waals surface area contributed by atoms with Gasteiger partial charge in [0.25, 0.3) is 5.91 Å². The van der Waals surface area contributed by atoms with Crippen LogP contribution in [0.5, 0.6) is 0 Å². The molecule has 2 aromatic carbocycles. The number of pyridine rings is 1. The van der Waals surface area contributed by atoms with Crippen LogP contribution in [0.4, 0.5) is 5.69 Å². The van der Waals surface area contributed by atoms with Gasteiger partial charge in [0.1, 0.15) is 9.57 Å². The fraction of sp³-hybridized carbons (Fsp3) is 0.105. The van der Waals surface area contributed by atoms with Crippen molar-refractivity contribution in [3.8, 4) is 0 Å². The van der Waals surface area contributed by atoms with Crippen molar-refractivity contribution in [2.45, 2.75) is 12.2 Å². The first-order valence-corrected chi connectivity index (χ1v) is 8.89. The number of benzene rings is 2. The Bertz CT molecular complexity index is 953. The van der Waals surface area contributed by atoms with Crippen LogP contribution < -0.4 is 4.90 Å². The molecule has 1 saturated heterocycles. The maximum atomic E-state index is 12.9. The van der Waals surface area contributed by atoms with Crippen LogP contribution >= 0.6 is 24.0 Å². The van der Waals surface area contributed by atoms with Crippen molar-refractivity contribution in [2.75, 3.05) is 4.90 Å². The van der Waals surface area contributed by atoms with Crippen molar-refractivity contribution in [1.82, 2.24) is 4.98 Å². The number of thioether (sulfide) groups is 1. The van der Waals surface area contributed by atoms with Crippen LogP contribution in [-0.2, 0) is 4.79 Å². The third-order valence-corrected chi connectivity index (χ3v) is 5.56. The van der Waals surface area contributed by atoms with E-state index in [1.807, 2.05) is 67.6 Å². The van der Waals surface area contributed by atoms with Gasteiger partial charge in [-0.2, -0.15) is 0 Å². The number of nitrogens with zero attached hydrogens (tertiary/aromatic N) is 2. The summed E-state index contributed by atoms with van der Waals surface area (Å²) in [7, 11) is 0. The minimum absolute atomic E-state index is 0.0309. The number of rotatable bonds is 2. The zero-order valence-corrected chi connectivity index (χ0v) is 14.6. The van der Waals surface area contributed by atoms with Gasteiger partial charge in [-0.1, -0.05) is 65.9 Å². The Kier molecular flexibility index (Phi) is 3.82. The summed E-state index contributed by atoms with van der Waals surface area (Å²) in [6.07, 6.45) is 0. The molecule has 1 amide bonds. The van der Waals surface area contributed by atoms with Crippen LogP contribution in [0.15, 0.2) is 60.7 Å². The molecule has 0 N–H and O–H groups in total. The van der Waals surface area contributed by atoms with Gasteiger partial charge in [0, 0.05) is 5.39 Å². The van der Waals surface area contributed by atoms with Crippen LogP contribution in [0, 0.1) is 6.92 Å². The van der Waals surface area contributed by atoms with E-state index in [4.69, 9.17) is 12.2 Å². The monoisotopic (exact) mass is 350 g/mol. The van der Waals surface area contributed by atoms with Gasteiger partial charge in [0.15, 0.2) is 0 Å². The molecule has 4 rings (SSSR count). The van der Waals surface area contributed by atoms with Gasteiger partial charge >= 0.3 is 0 Å². The number of hydrogen-bond acceptors (Lipinski definition) is 4. The SMILES string of the molecule is Cc1ccc(N2C(=O)C(c3ccc4ccccc4n3)SC2=S)cc1. The van der Waals surface area contributed by atoms with E-state index in [2.05, 4.69) is 4.98 Å². The molecule has 1 aliphatic rings. The first-order valence-electron chi connectivity index (χ1n) is 7.60. The zero-order chi connectivity index (χ0) is 16.7. The molecule has 1 atom stereocenters. The normalized spacial score (nSPS) is 17.7. The van der Waals surface area contributed by atoms with Crippen LogP contribution in [0.3, 0.4) is 0 Å². The number of carbonyl (C=O) groups is 1. The predicted molar refractivity (Wildman–Crippen MR) is 103 cm³/mol. The molecule has 2 heterocycles. The smallest absolute Gasteiger partial charge is 0.252 e. The zero-order valence-electron chi connectivity index (χ0n) is 13.0. The molecule has 0 bridgehead atoms. The predicted octanol–water partition coefficient (Wildman–Crippen LogP) is 4.65. The Balaban J connectivity index is 1.70. The van der Waals surface area contributed by atoms with Gasteiger partial charge < -0.3 is 0 Å². The molecule has 118 valence electrons. The molecular formula is C19H14N2OS2. The van der Waals surface area contributed by atoms with Crippen molar-refractivity contribution in [2.24, 2.45) is 0 Å². The summed E-state index contributed by atoms with van der Waals surface area (Å²) in [4.78, 5) is 19.2. The van der Waals surface area contributed by atoms with E-state index in [-0.39, 0.29) is 11.2 Å². The standard InChI is InChI=1S/C19H14N2OS2/c1-12-6-9-14(10-7-12)21-18(22)17(24-19(21)23)16-11-8-13-4-2-3-5-15(13)20-16/h2-11,17H,1H3. The summed E-state index contributed by atoms with van der Waals surface area (Å²) in [5.74, 6) is -0.0309. The first kappa shape index (κ1) is 15.3. The van der Waals surface area contributed by atoms with Crippen LogP contribution in [-0.4, -0.2) is 15.2 Å². The molecule has 0 aliphatic carbocycles. The molecule has 1 fully saturated rings. The fourth-order valence-corrected chi connectivity index (χ4v) is 4.20. The summed E-state index contributed by atoms with van der Waals surface area (Å²) in [5, 5.41) is 0.679. The number of anilines is 1. The minimum Gasteiger partial charge on any atom is -0.272 e. The lowest BCUT2D eigenvalue weighted by atomic mass is 10.1. The van der Waals surface area contributed by atoms with Crippen molar-refractivity contribution >= 4 is 50.8 Å². The second kappa shape index (κ2) is 6.00. The van der Waals surface area contributed by atoms with Crippen molar-refractivity contribution in [1.29, 1.82) is 0 Å². The number of thiocarbonyl (C=S) groups is 1. The van der Waals surface area contributed by atoms with Gasteiger partial charge in [-0.05, 0) is 31.2 Å². The number of fused-ring (bicyclic) bond motifs is 1. The van der Waals surface area contributed by atoms with Gasteiger partial charge in [-0.3, -0.25) is 14.7 Å². The van der Waals surface area contributed by atoms with Crippen molar-refractivity contribution in [3.63, 3.8) is 0 Å². The van der Waals surface area contributed by atoms with Gasteiger partial charge in [-0.15, -0.1) is 0 Å². The van der Waals surface area contributed by atoms with E-state index < -0.39 is 0 Å². The molecular weight excluding hydrogens is 336 g/mol. The Morgan fingerprint density at radius 3 is 2.58 bits per heavy atom. The van der Waals surface area contributed by atoms with Gasteiger partial charge in [0.05, 0.1) is 16.9 Å². The number of aromatic nitrogens is 1. The van der Waals surface area contributed by atoms with E-state index in [1.54, 1.807) is 4.90 Å². The van der Waals surface area contributed by atoms with Crippen molar-refractivity contribution in [3.05, 3.63) is 71.9 Å². The molecule has 5 heteroatoms. The van der Waals surface area contributed by atoms with Gasteiger partial charge in [-0.25, -0.2) is 0 Å². The van der Waals surface area contributed by atoms with E-state index in [0.29, 0.717) is 4.32 Å². The third-order valence-electron chi connectivity index (χ3n) is 4.03. The van der Waals surface area contributed by atoms with E-state index in [1.165, 1.54) is 11.8 Å². The summed E-state index contributed by atoms with van der Waals surface area (Å²) in [6.45, 7) is 2.02. The maximum absolute atomic E-state index is 12.9. The van der Waals surface area contributed by atoms with E-state index in [0.717, 1.165) is 27.8 Å². The van der Waals surface area contributed by atoms with Crippen LogP contribution in [0.2, 0.25) is 0 Å². The number of hydrogen-bond donors (Lipinski definition) is 0. The Morgan fingerprint density at radius 1 is 1.04 bits per heavy atom. The number of carbonyl (C=O) groups excluding carboxylic acids is 1. The van der Waals surface area contributed by atoms with E-state index in [9.17, 15) is 4.79 Å². The molecule has 3 nitrogen and oxygen atoms in total. The van der Waals surface area contributed by atoms with Crippen molar-refractivity contribution < 1.29 is 4.79 Å². The van der Waals surface area contributed by atoms with Gasteiger partial charge in [0.2, 0.25) is 0 Å². The first-order chi connectivity index (χ1) is 11.6. The Hall–Kier alpha value is -2.24. The molecule has 24 heavy (non-hydrogen) atoms. The fourth-order valence-electron chi connectivity index (χ4n) is 2.75. The van der Waals surface area contributed by atoms with Crippen LogP contribution in [0.1, 0.15) is 16.5 Å². The summed E-state index contributed by atoms with van der Waals surface area (Å²) < 4.78 is 0.573. The molecule has 0 radical (unpaired) electrons. The molecule has 1 aromatic heterocycles. The highest BCUT2D eigenvalue weighted by Gasteiger charge is 2.39. The highest BCUT2D eigenvalue weighted by atomic mass is 32.2. The largest absolute Gasteiger partial charge is 0.272 e. The number of aryl methyl sites for hydroxylation is 1. The van der Waals surface area contributed by atoms with Crippen LogP contribution in [0.25, 0.3) is 10.9 Å². The quantitative estimate of drug-likeness (QED) is 0.630. The lowest BCUT2D eigenvalue weighted by Gasteiger charge is -2.15. The number of para-hydroxylation sites is 1. The lowest BCUT2D eigenvalue weighted by molar-refractivity contribution is -0.117. The third kappa shape index (κ3) is 2.60.